The Kier molecular flexibility index (Phi) is 10.2. The molecule has 7 atom stereocenters. The van der Waals surface area contributed by atoms with E-state index < -0.39 is 41.6 Å². The van der Waals surface area contributed by atoms with Crippen molar-refractivity contribution in [1.29, 1.82) is 0 Å². The molecular weight excluding hydrogens is 576 g/mol. The molecule has 1 spiro atoms. The normalized spacial score (nSPS) is 29.2. The number of alkyl halides is 1. The quantitative estimate of drug-likeness (QED) is 0.137. The number of carbonyl (C=O) groups is 3. The Morgan fingerprint density at radius 1 is 1.25 bits per heavy atom. The van der Waals surface area contributed by atoms with Crippen LogP contribution in [0.25, 0.3) is 0 Å². The number of allylic oxidation sites excluding steroid dienone is 1. The van der Waals surface area contributed by atoms with Gasteiger partial charge in [-0.05, 0) is 37.7 Å². The number of ether oxygens (including phenoxy) is 2. The Balaban J connectivity index is 1.74. The monoisotopic (exact) mass is 616 g/mol. The van der Waals surface area contributed by atoms with Crippen LogP contribution in [0.3, 0.4) is 0 Å². The molecule has 0 aliphatic carbocycles. The van der Waals surface area contributed by atoms with E-state index >= 15 is 0 Å². The molecule has 1 aromatic rings. The summed E-state index contributed by atoms with van der Waals surface area (Å²) >= 11 is 3.70. The van der Waals surface area contributed by atoms with Crippen molar-refractivity contribution in [3.05, 3.63) is 61.2 Å². The highest BCUT2D eigenvalue weighted by molar-refractivity contribution is 9.09. The summed E-state index contributed by atoms with van der Waals surface area (Å²) < 4.78 is 12.3. The van der Waals surface area contributed by atoms with Crippen LogP contribution in [0.1, 0.15) is 57.1 Å². The smallest absolute Gasteiger partial charge is 0.312 e. The molecular formula is C31H41BrN2O6. The number of fused-ring (bicyclic) bond motifs is 1. The largest absolute Gasteiger partial charge is 0.465 e. The molecule has 2 amide bonds. The summed E-state index contributed by atoms with van der Waals surface area (Å²) in [6, 6.07) is 7.42. The van der Waals surface area contributed by atoms with E-state index in [4.69, 9.17) is 9.47 Å². The minimum Gasteiger partial charge on any atom is -0.465 e. The average molecular weight is 618 g/mol. The molecule has 4 rings (SSSR count). The van der Waals surface area contributed by atoms with E-state index in [2.05, 4.69) is 36.0 Å². The van der Waals surface area contributed by atoms with Crippen LogP contribution in [0, 0.1) is 11.8 Å². The maximum atomic E-state index is 14.4. The number of hydrogen-bond donors (Lipinski definition) is 1. The maximum absolute atomic E-state index is 14.4. The lowest BCUT2D eigenvalue weighted by molar-refractivity contribution is -0.156. The molecule has 0 radical (unpaired) electrons. The van der Waals surface area contributed by atoms with Gasteiger partial charge in [-0.1, -0.05) is 71.8 Å². The summed E-state index contributed by atoms with van der Waals surface area (Å²) in [7, 11) is 0. The zero-order valence-electron chi connectivity index (χ0n) is 23.3. The second-order valence-electron chi connectivity index (χ2n) is 10.9. The lowest BCUT2D eigenvalue weighted by Crippen LogP contribution is -2.57. The van der Waals surface area contributed by atoms with Gasteiger partial charge in [-0.2, -0.15) is 0 Å². The summed E-state index contributed by atoms with van der Waals surface area (Å²) in [5.74, 6) is -2.81. The molecule has 3 aliphatic rings. The first-order valence-corrected chi connectivity index (χ1v) is 15.2. The number of likely N-dealkylation sites (tertiary alicyclic amines) is 1. The molecule has 0 saturated carbocycles. The van der Waals surface area contributed by atoms with E-state index in [0.29, 0.717) is 31.5 Å². The van der Waals surface area contributed by atoms with Gasteiger partial charge in [0.15, 0.2) is 0 Å². The Morgan fingerprint density at radius 2 is 2.00 bits per heavy atom. The van der Waals surface area contributed by atoms with Gasteiger partial charge in [0, 0.05) is 17.9 Å². The summed E-state index contributed by atoms with van der Waals surface area (Å²) in [5, 5.41) is 10.6. The van der Waals surface area contributed by atoms with Gasteiger partial charge in [0.05, 0.1) is 37.2 Å². The Hall–Kier alpha value is -2.49. The van der Waals surface area contributed by atoms with E-state index in [1.54, 1.807) is 11.0 Å². The molecule has 2 bridgehead atoms. The van der Waals surface area contributed by atoms with E-state index in [0.717, 1.165) is 25.7 Å². The first kappa shape index (κ1) is 30.5. The zero-order chi connectivity index (χ0) is 28.9. The predicted octanol–water partition coefficient (Wildman–Crippen LogP) is 4.18. The second kappa shape index (κ2) is 13.4. The number of carbonyl (C=O) groups excluding carboxylic acids is 3. The summed E-state index contributed by atoms with van der Waals surface area (Å²) in [6.45, 7) is 10.3. The highest BCUT2D eigenvalue weighted by atomic mass is 79.9. The van der Waals surface area contributed by atoms with Crippen LogP contribution < -0.4 is 0 Å². The van der Waals surface area contributed by atoms with Crippen molar-refractivity contribution in [2.75, 3.05) is 26.3 Å². The van der Waals surface area contributed by atoms with Gasteiger partial charge in [-0.25, -0.2) is 0 Å². The fraction of sp³-hybridized carbons (Fsp3) is 0.581. The lowest BCUT2D eigenvalue weighted by atomic mass is 9.70. The first-order valence-electron chi connectivity index (χ1n) is 14.3. The van der Waals surface area contributed by atoms with Crippen molar-refractivity contribution in [2.24, 2.45) is 11.8 Å². The van der Waals surface area contributed by atoms with Crippen LogP contribution >= 0.6 is 15.9 Å². The molecule has 8 nitrogen and oxygen atoms in total. The van der Waals surface area contributed by atoms with Gasteiger partial charge >= 0.3 is 5.97 Å². The van der Waals surface area contributed by atoms with Gasteiger partial charge in [0.2, 0.25) is 11.8 Å². The van der Waals surface area contributed by atoms with E-state index in [9.17, 15) is 19.5 Å². The maximum Gasteiger partial charge on any atom is 0.312 e. The fourth-order valence-electron chi connectivity index (χ4n) is 6.61. The Morgan fingerprint density at radius 3 is 2.65 bits per heavy atom. The number of esters is 1. The third-order valence-electron chi connectivity index (χ3n) is 8.42. The average Bonchev–Trinajstić information content (AvgIpc) is 3.55. The third kappa shape index (κ3) is 5.52. The number of unbranched alkanes of at least 4 members (excludes halogenated alkanes) is 3. The number of aliphatic hydroxyl groups excluding tert-OH is 1. The molecule has 0 aromatic heterocycles. The van der Waals surface area contributed by atoms with Crippen LogP contribution in [0.15, 0.2) is 55.6 Å². The number of benzene rings is 1. The lowest BCUT2D eigenvalue weighted by Gasteiger charge is -2.39. The number of halogens is 1. The predicted molar refractivity (Wildman–Crippen MR) is 156 cm³/mol. The van der Waals surface area contributed by atoms with Gasteiger partial charge in [-0.3, -0.25) is 14.4 Å². The van der Waals surface area contributed by atoms with E-state index in [-0.39, 0.29) is 29.9 Å². The molecule has 3 fully saturated rings. The number of nitrogens with zero attached hydrogens (tertiary/aromatic N) is 2. The minimum atomic E-state index is -1.21. The number of amides is 2. The molecule has 3 heterocycles. The van der Waals surface area contributed by atoms with Crippen molar-refractivity contribution >= 4 is 33.7 Å². The Labute approximate surface area is 245 Å². The molecule has 1 aromatic carbocycles. The van der Waals surface area contributed by atoms with Gasteiger partial charge in [0.1, 0.15) is 11.6 Å². The summed E-state index contributed by atoms with van der Waals surface area (Å²) in [5.41, 5.74) is -0.504. The number of hydrogen-bond acceptors (Lipinski definition) is 6. The van der Waals surface area contributed by atoms with E-state index in [1.165, 1.54) is 4.90 Å². The summed E-state index contributed by atoms with van der Waals surface area (Å²) in [4.78, 5) is 45.3. The van der Waals surface area contributed by atoms with Crippen LogP contribution in [-0.2, 0) is 23.9 Å². The summed E-state index contributed by atoms with van der Waals surface area (Å²) in [6.07, 6.45) is 7.39. The minimum absolute atomic E-state index is 0.224. The second-order valence-corrected chi connectivity index (χ2v) is 12.1. The van der Waals surface area contributed by atoms with Crippen molar-refractivity contribution in [1.82, 2.24) is 9.80 Å². The standard InChI is InChI=1S/C31H41BrN2O6/c1-4-7-9-13-18-39-30(38)24-25-28(36)34(23(20-35)21-14-11-10-12-15-21)27(31(25)19-22(32)26(24)40-31)29(37)33(16-6-3)17-8-5-2/h4,6,10-12,14-15,22-27,35H,1,3,5,7-9,13,16-20H2,2H3/t22?,23-,24+,25+,26+,27?,31?/m1/s1. The van der Waals surface area contributed by atoms with Crippen molar-refractivity contribution in [2.45, 2.75) is 74.1 Å². The third-order valence-corrected chi connectivity index (χ3v) is 9.26. The van der Waals surface area contributed by atoms with Gasteiger partial charge in [0.25, 0.3) is 0 Å². The molecule has 9 heteroatoms. The highest BCUT2D eigenvalue weighted by Crippen LogP contribution is 2.61. The van der Waals surface area contributed by atoms with Crippen molar-refractivity contribution in [3.63, 3.8) is 0 Å². The molecule has 40 heavy (non-hydrogen) atoms. The topological polar surface area (TPSA) is 96.4 Å². The molecule has 3 aliphatic heterocycles. The molecule has 3 saturated heterocycles. The van der Waals surface area contributed by atoms with Crippen LogP contribution in [0.2, 0.25) is 0 Å². The number of aliphatic hydroxyl groups is 1. The van der Waals surface area contributed by atoms with Crippen LogP contribution in [0.4, 0.5) is 0 Å². The van der Waals surface area contributed by atoms with Crippen LogP contribution in [-0.4, -0.2) is 81.6 Å². The Bertz CT molecular complexity index is 1080. The van der Waals surface area contributed by atoms with Crippen LogP contribution in [0.5, 0.6) is 0 Å². The number of rotatable bonds is 15. The molecule has 1 N–H and O–H groups in total. The highest BCUT2D eigenvalue weighted by Gasteiger charge is 2.77. The SMILES string of the molecule is C=CCCCCOC(=O)[C@H]1[C@H]2C(=O)N([C@H](CO)c3ccccc3)C(C(=O)N(CC=C)CCCC)C23CC(Br)[C@@H]1O3. The fourth-order valence-corrected chi connectivity index (χ4v) is 7.55. The first-order chi connectivity index (χ1) is 19.4. The zero-order valence-corrected chi connectivity index (χ0v) is 24.8. The van der Waals surface area contributed by atoms with Gasteiger partial charge < -0.3 is 24.4 Å². The molecule has 3 unspecified atom stereocenters. The van der Waals surface area contributed by atoms with Crippen molar-refractivity contribution in [3.8, 4) is 0 Å². The molecule has 218 valence electrons. The van der Waals surface area contributed by atoms with Gasteiger partial charge in [-0.15, -0.1) is 13.2 Å². The van der Waals surface area contributed by atoms with E-state index in [1.807, 2.05) is 36.4 Å². The van der Waals surface area contributed by atoms with Crippen molar-refractivity contribution < 1.29 is 29.0 Å².